The van der Waals surface area contributed by atoms with Gasteiger partial charge in [-0.3, -0.25) is 0 Å². The maximum atomic E-state index is 11.1. The van der Waals surface area contributed by atoms with E-state index in [0.29, 0.717) is 0 Å². The first kappa shape index (κ1) is 7.39. The maximum Gasteiger partial charge on any atom is 0.509 e. The number of carbonyl (C=O) groups excluding carboxylic acids is 2. The second-order valence-corrected chi connectivity index (χ2v) is 2.80. The monoisotopic (exact) mass is 172 g/mol. The summed E-state index contributed by atoms with van der Waals surface area (Å²) in [5, 5.41) is 0. The van der Waals surface area contributed by atoms with Crippen LogP contribution in [-0.2, 0) is 19.0 Å². The maximum absolute atomic E-state index is 11.1. The van der Waals surface area contributed by atoms with E-state index in [1.165, 1.54) is 0 Å². The van der Waals surface area contributed by atoms with Gasteiger partial charge in [0.25, 0.3) is 0 Å². The normalized spacial score (nSPS) is 27.7. The van der Waals surface area contributed by atoms with Crippen molar-refractivity contribution in [3.8, 4) is 0 Å². The van der Waals surface area contributed by atoms with E-state index in [0.717, 1.165) is 12.8 Å². The molecule has 12 heavy (non-hydrogen) atoms. The van der Waals surface area contributed by atoms with Gasteiger partial charge in [0.15, 0.2) is 0 Å². The van der Waals surface area contributed by atoms with Gasteiger partial charge in [-0.2, -0.15) is 0 Å². The van der Waals surface area contributed by atoms with E-state index in [1.807, 2.05) is 0 Å². The summed E-state index contributed by atoms with van der Waals surface area (Å²) in [6.45, 7) is -0.0234. The number of carbonyl (C=O) groups is 2. The van der Waals surface area contributed by atoms with Crippen molar-refractivity contribution in [1.82, 2.24) is 0 Å². The van der Waals surface area contributed by atoms with E-state index < -0.39 is 18.2 Å². The van der Waals surface area contributed by atoms with Crippen LogP contribution >= 0.6 is 0 Å². The third kappa shape index (κ3) is 1.49. The summed E-state index contributed by atoms with van der Waals surface area (Å²) in [5.74, 6) is -0.497. The quantitative estimate of drug-likeness (QED) is 0.558. The van der Waals surface area contributed by atoms with Crippen LogP contribution in [0.25, 0.3) is 0 Å². The van der Waals surface area contributed by atoms with Gasteiger partial charge in [0.05, 0.1) is 0 Å². The minimum Gasteiger partial charge on any atom is -0.460 e. The lowest BCUT2D eigenvalue weighted by molar-refractivity contribution is -0.153. The lowest BCUT2D eigenvalue weighted by atomic mass is 10.4. The minimum absolute atomic E-state index is 0.0234. The molecule has 66 valence electrons. The van der Waals surface area contributed by atoms with Crippen molar-refractivity contribution in [2.24, 2.45) is 0 Å². The van der Waals surface area contributed by atoms with Crippen molar-refractivity contribution in [3.05, 3.63) is 0 Å². The number of cyclic esters (lactones) is 2. The largest absolute Gasteiger partial charge is 0.509 e. The van der Waals surface area contributed by atoms with Crippen molar-refractivity contribution in [3.63, 3.8) is 0 Å². The Balaban J connectivity index is 1.82. The summed E-state index contributed by atoms with van der Waals surface area (Å²) in [6, 6.07) is 0. The summed E-state index contributed by atoms with van der Waals surface area (Å²) >= 11 is 0. The zero-order chi connectivity index (χ0) is 8.55. The molecule has 2 fully saturated rings. The molecule has 0 spiro atoms. The summed E-state index contributed by atoms with van der Waals surface area (Å²) in [6.07, 6.45) is 0.211. The fourth-order valence-corrected chi connectivity index (χ4v) is 0.870. The van der Waals surface area contributed by atoms with E-state index >= 15 is 0 Å². The second-order valence-electron chi connectivity index (χ2n) is 2.80. The molecule has 1 aliphatic heterocycles. The number of hydrogen-bond acceptors (Lipinski definition) is 5. The average molecular weight is 172 g/mol. The first-order chi connectivity index (χ1) is 5.75. The van der Waals surface area contributed by atoms with Crippen molar-refractivity contribution < 1.29 is 23.8 Å². The molecule has 5 nitrogen and oxygen atoms in total. The molecule has 5 heteroatoms. The van der Waals surface area contributed by atoms with E-state index in [4.69, 9.17) is 4.74 Å². The molecule has 0 aromatic heterocycles. The van der Waals surface area contributed by atoms with Crippen LogP contribution in [0.1, 0.15) is 12.8 Å². The molecule has 0 N–H and O–H groups in total. The molecule has 1 saturated carbocycles. The van der Waals surface area contributed by atoms with Gasteiger partial charge in [0.1, 0.15) is 12.7 Å². The van der Waals surface area contributed by atoms with Crippen LogP contribution in [0.2, 0.25) is 0 Å². The highest BCUT2D eigenvalue weighted by atomic mass is 16.8. The first-order valence-electron chi connectivity index (χ1n) is 3.79. The highest BCUT2D eigenvalue weighted by Crippen LogP contribution is 2.24. The van der Waals surface area contributed by atoms with E-state index in [-0.39, 0.29) is 12.7 Å². The summed E-state index contributed by atoms with van der Waals surface area (Å²) < 4.78 is 13.8. The van der Waals surface area contributed by atoms with E-state index in [9.17, 15) is 9.59 Å². The van der Waals surface area contributed by atoms with Crippen LogP contribution in [0, 0.1) is 0 Å². The highest BCUT2D eigenvalue weighted by Gasteiger charge is 2.36. The number of hydrogen-bond donors (Lipinski definition) is 0. The highest BCUT2D eigenvalue weighted by molar-refractivity contribution is 5.79. The Hall–Kier alpha value is -1.26. The fraction of sp³-hybridized carbons (Fsp3) is 0.714. The SMILES string of the molecule is O=C1OCC(C(=O)OC2CC2)O1. The molecule has 1 saturated heterocycles. The minimum atomic E-state index is -0.849. The Kier molecular flexibility index (Phi) is 1.64. The third-order valence-corrected chi connectivity index (χ3v) is 1.66. The standard InChI is InChI=1S/C7H8O5/c8-6(11-4-1-2-4)5-3-10-7(9)12-5/h4-5H,1-3H2. The molecule has 0 aromatic rings. The Labute approximate surface area is 68.6 Å². The first-order valence-corrected chi connectivity index (χ1v) is 3.79. The zero-order valence-corrected chi connectivity index (χ0v) is 6.32. The number of esters is 1. The molecule has 0 radical (unpaired) electrons. The van der Waals surface area contributed by atoms with Crippen molar-refractivity contribution in [1.29, 1.82) is 0 Å². The van der Waals surface area contributed by atoms with Crippen molar-refractivity contribution in [2.75, 3.05) is 6.61 Å². The number of rotatable bonds is 2. The van der Waals surface area contributed by atoms with Gasteiger partial charge in [-0.15, -0.1) is 0 Å². The number of ether oxygens (including phenoxy) is 3. The molecule has 1 heterocycles. The second kappa shape index (κ2) is 2.66. The molecule has 2 aliphatic rings. The van der Waals surface area contributed by atoms with Gasteiger partial charge >= 0.3 is 12.1 Å². The lowest BCUT2D eigenvalue weighted by Crippen LogP contribution is -2.26. The van der Waals surface area contributed by atoms with Crippen LogP contribution in [0.15, 0.2) is 0 Å². The van der Waals surface area contributed by atoms with Crippen LogP contribution in [-0.4, -0.2) is 30.9 Å². The van der Waals surface area contributed by atoms with Gasteiger partial charge in [-0.1, -0.05) is 0 Å². The van der Waals surface area contributed by atoms with Crippen LogP contribution in [0.5, 0.6) is 0 Å². The molecule has 1 unspecified atom stereocenters. The Bertz CT molecular complexity index is 220. The van der Waals surface area contributed by atoms with Crippen molar-refractivity contribution >= 4 is 12.1 Å². The van der Waals surface area contributed by atoms with Crippen LogP contribution < -0.4 is 0 Å². The average Bonchev–Trinajstić information content (AvgIpc) is 2.72. The van der Waals surface area contributed by atoms with Crippen LogP contribution in [0.4, 0.5) is 4.79 Å². The van der Waals surface area contributed by atoms with E-state index in [2.05, 4.69) is 9.47 Å². The molecule has 2 rings (SSSR count). The molecule has 0 amide bonds. The summed E-state index contributed by atoms with van der Waals surface area (Å²) in [7, 11) is 0. The van der Waals surface area contributed by atoms with Gasteiger partial charge in [-0.25, -0.2) is 9.59 Å². The Morgan fingerprint density at radius 2 is 2.25 bits per heavy atom. The molecule has 0 aromatic carbocycles. The van der Waals surface area contributed by atoms with Gasteiger partial charge in [-0.05, 0) is 12.8 Å². The van der Waals surface area contributed by atoms with Gasteiger partial charge in [0, 0.05) is 0 Å². The smallest absolute Gasteiger partial charge is 0.460 e. The Morgan fingerprint density at radius 3 is 2.75 bits per heavy atom. The summed E-state index contributed by atoms with van der Waals surface area (Å²) in [4.78, 5) is 21.5. The van der Waals surface area contributed by atoms with E-state index in [1.54, 1.807) is 0 Å². The molecule has 1 atom stereocenters. The molecule has 0 bridgehead atoms. The molecule has 1 aliphatic carbocycles. The Morgan fingerprint density at radius 1 is 1.50 bits per heavy atom. The third-order valence-electron chi connectivity index (χ3n) is 1.66. The molecular formula is C7H8O5. The van der Waals surface area contributed by atoms with Gasteiger partial charge in [0.2, 0.25) is 6.10 Å². The van der Waals surface area contributed by atoms with Crippen LogP contribution in [0.3, 0.4) is 0 Å². The topological polar surface area (TPSA) is 61.8 Å². The molecular weight excluding hydrogens is 164 g/mol. The lowest BCUT2D eigenvalue weighted by Gasteiger charge is -2.05. The fourth-order valence-electron chi connectivity index (χ4n) is 0.870. The van der Waals surface area contributed by atoms with Crippen molar-refractivity contribution in [2.45, 2.75) is 25.0 Å². The van der Waals surface area contributed by atoms with Gasteiger partial charge < -0.3 is 14.2 Å². The predicted molar refractivity (Wildman–Crippen MR) is 35.3 cm³/mol. The zero-order valence-electron chi connectivity index (χ0n) is 6.32. The predicted octanol–water partition coefficient (Wildman–Crippen LogP) is 0.227. The summed E-state index contributed by atoms with van der Waals surface area (Å²) in [5.41, 5.74) is 0.